The fourth-order valence-electron chi connectivity index (χ4n) is 1.76. The number of amides is 1. The standard InChI is InChI=1S/C13H17FN4O/c1-7-9-10(17-6-16-9)8(11(14)18-7)5-15-12(19)13(2,3)4/h6H,5H2,1-4H3,(H,15,19)(H,16,17). The van der Waals surface area contributed by atoms with Crippen molar-refractivity contribution in [3.63, 3.8) is 0 Å². The van der Waals surface area contributed by atoms with Crippen molar-refractivity contribution in [2.75, 3.05) is 0 Å². The summed E-state index contributed by atoms with van der Waals surface area (Å²) in [6, 6.07) is 0. The molecule has 2 rings (SSSR count). The number of imidazole rings is 1. The minimum atomic E-state index is -0.591. The smallest absolute Gasteiger partial charge is 0.225 e. The third kappa shape index (κ3) is 2.57. The van der Waals surface area contributed by atoms with E-state index in [0.717, 1.165) is 0 Å². The van der Waals surface area contributed by atoms with E-state index in [0.29, 0.717) is 22.3 Å². The van der Waals surface area contributed by atoms with Gasteiger partial charge in [-0.25, -0.2) is 9.97 Å². The van der Waals surface area contributed by atoms with Crippen LogP contribution in [0.4, 0.5) is 4.39 Å². The third-order valence-corrected chi connectivity index (χ3v) is 2.91. The molecule has 2 aromatic heterocycles. The number of H-pyrrole nitrogens is 1. The molecule has 5 nitrogen and oxygen atoms in total. The maximum Gasteiger partial charge on any atom is 0.225 e. The Balaban J connectivity index is 2.31. The summed E-state index contributed by atoms with van der Waals surface area (Å²) in [6.45, 7) is 7.19. The summed E-state index contributed by atoms with van der Waals surface area (Å²) in [5, 5.41) is 2.71. The van der Waals surface area contributed by atoms with Crippen LogP contribution in [0.3, 0.4) is 0 Å². The Bertz CT molecular complexity index is 627. The molecular formula is C13H17FN4O. The Hall–Kier alpha value is -1.98. The highest BCUT2D eigenvalue weighted by atomic mass is 19.1. The average molecular weight is 264 g/mol. The molecule has 0 radical (unpaired) electrons. The maximum atomic E-state index is 13.9. The Morgan fingerprint density at radius 1 is 1.47 bits per heavy atom. The molecule has 0 aliphatic rings. The Morgan fingerprint density at radius 2 is 2.16 bits per heavy atom. The molecule has 19 heavy (non-hydrogen) atoms. The van der Waals surface area contributed by atoms with Crippen molar-refractivity contribution in [2.45, 2.75) is 34.2 Å². The van der Waals surface area contributed by atoms with E-state index in [1.165, 1.54) is 6.33 Å². The van der Waals surface area contributed by atoms with E-state index in [-0.39, 0.29) is 12.5 Å². The zero-order chi connectivity index (χ0) is 14.2. The van der Waals surface area contributed by atoms with E-state index in [1.807, 2.05) is 0 Å². The summed E-state index contributed by atoms with van der Waals surface area (Å²) in [5.74, 6) is -0.734. The molecule has 0 atom stereocenters. The molecule has 0 spiro atoms. The van der Waals surface area contributed by atoms with Gasteiger partial charge in [0.05, 0.1) is 28.6 Å². The molecule has 0 bridgehead atoms. The van der Waals surface area contributed by atoms with Crippen molar-refractivity contribution in [3.05, 3.63) is 23.5 Å². The predicted octanol–water partition coefficient (Wildman–Crippen LogP) is 2.07. The topological polar surface area (TPSA) is 70.7 Å². The highest BCUT2D eigenvalue weighted by Gasteiger charge is 2.22. The largest absolute Gasteiger partial charge is 0.351 e. The normalized spacial score (nSPS) is 11.8. The number of carbonyl (C=O) groups is 1. The molecular weight excluding hydrogens is 247 g/mol. The molecule has 0 saturated heterocycles. The minimum Gasteiger partial charge on any atom is -0.351 e. The number of nitrogens with zero attached hydrogens (tertiary/aromatic N) is 2. The summed E-state index contributed by atoms with van der Waals surface area (Å²) in [4.78, 5) is 22.6. The van der Waals surface area contributed by atoms with Gasteiger partial charge in [-0.05, 0) is 6.92 Å². The van der Waals surface area contributed by atoms with E-state index >= 15 is 0 Å². The molecule has 2 heterocycles. The number of aromatic amines is 1. The number of hydrogen-bond donors (Lipinski definition) is 2. The van der Waals surface area contributed by atoms with Crippen LogP contribution in [0.1, 0.15) is 32.0 Å². The van der Waals surface area contributed by atoms with Gasteiger partial charge in [0, 0.05) is 12.0 Å². The fraction of sp³-hybridized carbons (Fsp3) is 0.462. The first kappa shape index (κ1) is 13.5. The number of carbonyl (C=O) groups excluding carboxylic acids is 1. The summed E-state index contributed by atoms with van der Waals surface area (Å²) in [5.41, 5.74) is 1.55. The number of aryl methyl sites for hydroxylation is 1. The van der Waals surface area contributed by atoms with Gasteiger partial charge in [0.2, 0.25) is 11.9 Å². The number of aromatic nitrogens is 3. The molecule has 2 aromatic rings. The van der Waals surface area contributed by atoms with Gasteiger partial charge in [0.15, 0.2) is 0 Å². The lowest BCUT2D eigenvalue weighted by atomic mass is 9.95. The van der Waals surface area contributed by atoms with Crippen molar-refractivity contribution >= 4 is 16.9 Å². The molecule has 0 saturated carbocycles. The molecule has 0 aliphatic carbocycles. The van der Waals surface area contributed by atoms with Crippen LogP contribution in [0, 0.1) is 18.3 Å². The second kappa shape index (κ2) is 4.60. The van der Waals surface area contributed by atoms with Crippen LogP contribution in [0.15, 0.2) is 6.33 Å². The highest BCUT2D eigenvalue weighted by molar-refractivity contribution is 5.83. The zero-order valence-corrected chi connectivity index (χ0v) is 11.5. The molecule has 0 aromatic carbocycles. The first-order chi connectivity index (χ1) is 8.80. The number of rotatable bonds is 2. The highest BCUT2D eigenvalue weighted by Crippen LogP contribution is 2.20. The van der Waals surface area contributed by atoms with Gasteiger partial charge in [0.25, 0.3) is 0 Å². The van der Waals surface area contributed by atoms with Crippen LogP contribution >= 0.6 is 0 Å². The summed E-state index contributed by atoms with van der Waals surface area (Å²) < 4.78 is 13.9. The van der Waals surface area contributed by atoms with Crippen molar-refractivity contribution in [2.24, 2.45) is 5.41 Å². The summed E-state index contributed by atoms with van der Waals surface area (Å²) >= 11 is 0. The first-order valence-corrected chi connectivity index (χ1v) is 6.07. The van der Waals surface area contributed by atoms with E-state index in [1.54, 1.807) is 27.7 Å². The van der Waals surface area contributed by atoms with Gasteiger partial charge in [-0.1, -0.05) is 20.8 Å². The van der Waals surface area contributed by atoms with Crippen LogP contribution < -0.4 is 5.32 Å². The minimum absolute atomic E-state index is 0.0799. The van der Waals surface area contributed by atoms with E-state index in [2.05, 4.69) is 20.3 Å². The molecule has 102 valence electrons. The van der Waals surface area contributed by atoms with Gasteiger partial charge in [-0.15, -0.1) is 0 Å². The SMILES string of the molecule is Cc1nc(F)c(CNC(=O)C(C)(C)C)c2nc[nH]c12. The number of hydrogen-bond acceptors (Lipinski definition) is 3. The number of pyridine rings is 1. The second-order valence-electron chi connectivity index (χ2n) is 5.53. The van der Waals surface area contributed by atoms with Crippen LogP contribution in [0.2, 0.25) is 0 Å². The first-order valence-electron chi connectivity index (χ1n) is 6.07. The van der Waals surface area contributed by atoms with Gasteiger partial charge in [-0.2, -0.15) is 4.39 Å². The lowest BCUT2D eigenvalue weighted by Gasteiger charge is -2.17. The maximum absolute atomic E-state index is 13.9. The summed E-state index contributed by atoms with van der Waals surface area (Å²) in [7, 11) is 0. The molecule has 1 amide bonds. The second-order valence-corrected chi connectivity index (χ2v) is 5.53. The molecule has 0 unspecified atom stereocenters. The quantitative estimate of drug-likeness (QED) is 0.816. The van der Waals surface area contributed by atoms with E-state index in [4.69, 9.17) is 0 Å². The number of fused-ring (bicyclic) bond motifs is 1. The van der Waals surface area contributed by atoms with Crippen molar-refractivity contribution in [1.29, 1.82) is 0 Å². The Morgan fingerprint density at radius 3 is 2.79 bits per heavy atom. The van der Waals surface area contributed by atoms with Gasteiger partial charge < -0.3 is 10.3 Å². The van der Waals surface area contributed by atoms with Crippen LogP contribution in [0.5, 0.6) is 0 Å². The molecule has 2 N–H and O–H groups in total. The zero-order valence-electron chi connectivity index (χ0n) is 11.5. The fourth-order valence-corrected chi connectivity index (χ4v) is 1.76. The van der Waals surface area contributed by atoms with Gasteiger partial charge in [-0.3, -0.25) is 4.79 Å². The van der Waals surface area contributed by atoms with Crippen molar-refractivity contribution in [1.82, 2.24) is 20.3 Å². The molecule has 6 heteroatoms. The third-order valence-electron chi connectivity index (χ3n) is 2.91. The monoisotopic (exact) mass is 264 g/mol. The average Bonchev–Trinajstić information content (AvgIpc) is 2.76. The predicted molar refractivity (Wildman–Crippen MR) is 69.9 cm³/mol. The Kier molecular flexibility index (Phi) is 3.26. The van der Waals surface area contributed by atoms with Gasteiger partial charge in [0.1, 0.15) is 0 Å². The van der Waals surface area contributed by atoms with Crippen molar-refractivity contribution in [3.8, 4) is 0 Å². The lowest BCUT2D eigenvalue weighted by Crippen LogP contribution is -2.34. The molecule has 0 aliphatic heterocycles. The van der Waals surface area contributed by atoms with Crippen molar-refractivity contribution < 1.29 is 9.18 Å². The number of nitrogens with one attached hydrogen (secondary N) is 2. The van der Waals surface area contributed by atoms with E-state index in [9.17, 15) is 9.18 Å². The van der Waals surface area contributed by atoms with E-state index < -0.39 is 11.4 Å². The lowest BCUT2D eigenvalue weighted by molar-refractivity contribution is -0.128. The van der Waals surface area contributed by atoms with Crippen LogP contribution in [0.25, 0.3) is 11.0 Å². The Labute approximate surface area is 110 Å². The van der Waals surface area contributed by atoms with Gasteiger partial charge >= 0.3 is 0 Å². The van der Waals surface area contributed by atoms with Crippen LogP contribution in [-0.2, 0) is 11.3 Å². The number of halogens is 1. The summed E-state index contributed by atoms with van der Waals surface area (Å²) in [6.07, 6.45) is 1.49. The molecule has 0 fully saturated rings. The van der Waals surface area contributed by atoms with Crippen LogP contribution in [-0.4, -0.2) is 20.9 Å².